The van der Waals surface area contributed by atoms with E-state index in [9.17, 15) is 8.78 Å². The van der Waals surface area contributed by atoms with Crippen LogP contribution in [0, 0.1) is 34.3 Å². The molecule has 0 aromatic heterocycles. The monoisotopic (exact) mass is 246 g/mol. The minimum Gasteiger partial charge on any atom is -0.205 e. The highest BCUT2D eigenvalue weighted by Gasteiger charge is 2.23. The van der Waals surface area contributed by atoms with Gasteiger partial charge in [0.2, 0.25) is 0 Å². The molecule has 0 aliphatic rings. The predicted molar refractivity (Wildman–Crippen MR) is 53.4 cm³/mol. The van der Waals surface area contributed by atoms with Crippen molar-refractivity contribution in [3.63, 3.8) is 0 Å². The summed E-state index contributed by atoms with van der Waals surface area (Å²) in [7, 11) is 0. The lowest BCUT2D eigenvalue weighted by atomic mass is 10.1. The summed E-state index contributed by atoms with van der Waals surface area (Å²) >= 11 is 0. The molecule has 86 valence electrons. The van der Waals surface area contributed by atoms with E-state index in [-0.39, 0.29) is 0 Å². The molecular formula is C8F2N8. The SMILES string of the molecule is N#Cc1c(F)c(N=[N+]=[N-])c(N=[N+]=[N-])c(F)c1C#N. The lowest BCUT2D eigenvalue weighted by Gasteiger charge is -2.06. The van der Waals surface area contributed by atoms with Gasteiger partial charge in [-0.3, -0.25) is 0 Å². The zero-order valence-electron chi connectivity index (χ0n) is 8.33. The van der Waals surface area contributed by atoms with E-state index >= 15 is 0 Å². The summed E-state index contributed by atoms with van der Waals surface area (Å²) in [5.41, 5.74) is 12.6. The Balaban J connectivity index is 4.01. The van der Waals surface area contributed by atoms with Gasteiger partial charge in [0, 0.05) is 9.82 Å². The molecule has 0 fully saturated rings. The number of hydrogen-bond donors (Lipinski definition) is 0. The van der Waals surface area contributed by atoms with Crippen molar-refractivity contribution in [2.24, 2.45) is 10.2 Å². The Bertz CT molecular complexity index is 637. The van der Waals surface area contributed by atoms with Crippen LogP contribution in [-0.2, 0) is 0 Å². The van der Waals surface area contributed by atoms with Crippen LogP contribution in [0.25, 0.3) is 20.9 Å². The molecule has 0 saturated carbocycles. The van der Waals surface area contributed by atoms with Crippen molar-refractivity contribution in [3.8, 4) is 12.1 Å². The topological polar surface area (TPSA) is 145 Å². The highest BCUT2D eigenvalue weighted by molar-refractivity contribution is 5.70. The van der Waals surface area contributed by atoms with E-state index in [1.807, 2.05) is 0 Å². The second-order valence-corrected chi connectivity index (χ2v) is 2.68. The van der Waals surface area contributed by atoms with Crippen LogP contribution < -0.4 is 0 Å². The third-order valence-corrected chi connectivity index (χ3v) is 1.84. The first kappa shape index (κ1) is 12.7. The molecule has 0 atom stereocenters. The van der Waals surface area contributed by atoms with Gasteiger partial charge in [-0.25, -0.2) is 8.78 Å². The van der Waals surface area contributed by atoms with Crippen LogP contribution in [0.2, 0.25) is 0 Å². The van der Waals surface area contributed by atoms with Crippen molar-refractivity contribution in [1.29, 1.82) is 10.5 Å². The summed E-state index contributed by atoms with van der Waals surface area (Å²) in [6, 6.07) is 2.54. The highest BCUT2D eigenvalue weighted by Crippen LogP contribution is 2.38. The first-order valence-electron chi connectivity index (χ1n) is 4.07. The van der Waals surface area contributed by atoms with Crippen molar-refractivity contribution in [1.82, 2.24) is 0 Å². The van der Waals surface area contributed by atoms with Gasteiger partial charge in [0.05, 0.1) is 11.4 Å². The van der Waals surface area contributed by atoms with Crippen molar-refractivity contribution >= 4 is 11.4 Å². The number of nitrogens with zero attached hydrogens (tertiary/aromatic N) is 8. The van der Waals surface area contributed by atoms with Gasteiger partial charge in [0.1, 0.15) is 23.3 Å². The Morgan fingerprint density at radius 3 is 1.44 bits per heavy atom. The average Bonchev–Trinajstić information content (AvgIpc) is 2.37. The summed E-state index contributed by atoms with van der Waals surface area (Å²) < 4.78 is 27.4. The van der Waals surface area contributed by atoms with Gasteiger partial charge in [-0.2, -0.15) is 10.5 Å². The fourth-order valence-electron chi connectivity index (χ4n) is 1.15. The maximum absolute atomic E-state index is 13.7. The third kappa shape index (κ3) is 1.84. The number of rotatable bonds is 2. The largest absolute Gasteiger partial charge is 0.205 e. The van der Waals surface area contributed by atoms with Gasteiger partial charge in [0.25, 0.3) is 0 Å². The van der Waals surface area contributed by atoms with E-state index in [1.165, 1.54) is 12.1 Å². The van der Waals surface area contributed by atoms with Gasteiger partial charge < -0.3 is 0 Å². The minimum atomic E-state index is -1.42. The quantitative estimate of drug-likeness (QED) is 0.445. The van der Waals surface area contributed by atoms with Crippen LogP contribution in [0.5, 0.6) is 0 Å². The minimum absolute atomic E-state index is 0.922. The third-order valence-electron chi connectivity index (χ3n) is 1.84. The molecule has 1 aromatic carbocycles. The summed E-state index contributed by atoms with van der Waals surface area (Å²) in [6.45, 7) is 0. The van der Waals surface area contributed by atoms with Crippen molar-refractivity contribution in [3.05, 3.63) is 43.6 Å². The number of nitriles is 2. The van der Waals surface area contributed by atoms with Gasteiger partial charge in [-0.05, 0) is 11.1 Å². The second-order valence-electron chi connectivity index (χ2n) is 2.68. The normalized spacial score (nSPS) is 8.44. The molecule has 0 heterocycles. The molecule has 0 saturated heterocycles. The lowest BCUT2D eigenvalue weighted by molar-refractivity contribution is 0.597. The van der Waals surface area contributed by atoms with Crippen LogP contribution in [0.1, 0.15) is 11.1 Å². The number of benzene rings is 1. The molecular weight excluding hydrogens is 246 g/mol. The smallest absolute Gasteiger partial charge is 0.152 e. The Kier molecular flexibility index (Phi) is 3.64. The molecule has 1 rings (SSSR count). The molecule has 1 aromatic rings. The van der Waals surface area contributed by atoms with Crippen molar-refractivity contribution in [2.75, 3.05) is 0 Å². The second kappa shape index (κ2) is 5.14. The number of hydrogen-bond acceptors (Lipinski definition) is 4. The Morgan fingerprint density at radius 2 is 1.22 bits per heavy atom. The summed E-state index contributed by atoms with van der Waals surface area (Å²) in [4.78, 5) is 4.45. The van der Waals surface area contributed by atoms with Crippen molar-refractivity contribution in [2.45, 2.75) is 0 Å². The fraction of sp³-hybridized carbons (Fsp3) is 0. The predicted octanol–water partition coefficient (Wildman–Crippen LogP) is 3.59. The van der Waals surface area contributed by atoms with E-state index in [0.717, 1.165) is 0 Å². The molecule has 18 heavy (non-hydrogen) atoms. The zero-order chi connectivity index (χ0) is 13.7. The van der Waals surface area contributed by atoms with Gasteiger partial charge in [0.15, 0.2) is 11.6 Å². The van der Waals surface area contributed by atoms with E-state index < -0.39 is 34.1 Å². The maximum atomic E-state index is 13.7. The molecule has 0 radical (unpaired) electrons. The molecule has 0 unspecified atom stereocenters. The molecule has 0 amide bonds. The molecule has 0 spiro atoms. The van der Waals surface area contributed by atoms with Crippen LogP contribution >= 0.6 is 0 Å². The maximum Gasteiger partial charge on any atom is 0.152 e. The van der Waals surface area contributed by atoms with Crippen molar-refractivity contribution < 1.29 is 8.78 Å². The summed E-state index contributed by atoms with van der Waals surface area (Å²) in [6.07, 6.45) is 0. The molecule has 0 bridgehead atoms. The Morgan fingerprint density at radius 1 is 0.889 bits per heavy atom. The fourth-order valence-corrected chi connectivity index (χ4v) is 1.15. The van der Waals surface area contributed by atoms with E-state index in [0.29, 0.717) is 0 Å². The number of halogens is 2. The molecule has 8 nitrogen and oxygen atoms in total. The Hall–Kier alpha value is -3.32. The molecule has 0 aliphatic heterocycles. The lowest BCUT2D eigenvalue weighted by Crippen LogP contribution is -1.96. The Labute approximate surface area is 97.5 Å². The van der Waals surface area contributed by atoms with E-state index in [4.69, 9.17) is 21.6 Å². The molecule has 10 heteroatoms. The van der Waals surface area contributed by atoms with E-state index in [1.54, 1.807) is 0 Å². The average molecular weight is 246 g/mol. The standard InChI is InChI=1S/C8F2N8/c9-5-3(1-11)4(2-12)6(10)8(16-18-14)7(5)15-17-13. The summed E-state index contributed by atoms with van der Waals surface area (Å²) in [5.74, 6) is -2.84. The first-order chi connectivity index (χ1) is 8.62. The van der Waals surface area contributed by atoms with Gasteiger partial charge in [-0.15, -0.1) is 0 Å². The molecule has 0 aliphatic carbocycles. The summed E-state index contributed by atoms with van der Waals surface area (Å²) in [5, 5.41) is 22.9. The van der Waals surface area contributed by atoms with Gasteiger partial charge >= 0.3 is 0 Å². The van der Waals surface area contributed by atoms with Crippen LogP contribution in [0.15, 0.2) is 10.2 Å². The number of azide groups is 2. The van der Waals surface area contributed by atoms with Gasteiger partial charge in [-0.1, -0.05) is 10.2 Å². The molecule has 0 N–H and O–H groups in total. The highest BCUT2D eigenvalue weighted by atomic mass is 19.1. The zero-order valence-corrected chi connectivity index (χ0v) is 8.33. The van der Waals surface area contributed by atoms with Crippen LogP contribution in [-0.4, -0.2) is 0 Å². The van der Waals surface area contributed by atoms with Crippen LogP contribution in [0.4, 0.5) is 20.2 Å². The first-order valence-corrected chi connectivity index (χ1v) is 4.07. The van der Waals surface area contributed by atoms with Crippen LogP contribution in [0.3, 0.4) is 0 Å². The van der Waals surface area contributed by atoms with E-state index in [2.05, 4.69) is 20.1 Å².